The Morgan fingerprint density at radius 3 is 2.01 bits per heavy atom. The lowest BCUT2D eigenvalue weighted by atomic mass is 9.80. The Bertz CT molecular complexity index is 3360. The molecule has 3 N–H and O–H groups in total. The summed E-state index contributed by atoms with van der Waals surface area (Å²) in [5.74, 6) is 0.444. The first-order valence-corrected chi connectivity index (χ1v) is 30.5. The lowest BCUT2D eigenvalue weighted by Gasteiger charge is -2.39. The first kappa shape index (κ1) is 61.0. The van der Waals surface area contributed by atoms with Crippen molar-refractivity contribution in [3.63, 3.8) is 0 Å². The zero-order valence-corrected chi connectivity index (χ0v) is 50.3. The van der Waals surface area contributed by atoms with Gasteiger partial charge in [0.1, 0.15) is 42.2 Å². The summed E-state index contributed by atoms with van der Waals surface area (Å²) in [5.41, 5.74) is 8.58. The van der Waals surface area contributed by atoms with Crippen LogP contribution in [0.2, 0.25) is 0 Å². The molecule has 86 heavy (non-hydrogen) atoms. The maximum atomic E-state index is 13.9. The van der Waals surface area contributed by atoms with Crippen molar-refractivity contribution in [3.05, 3.63) is 202 Å². The Labute approximate surface area is 504 Å². The van der Waals surface area contributed by atoms with Gasteiger partial charge in [-0.3, -0.25) is 19.4 Å². The van der Waals surface area contributed by atoms with Gasteiger partial charge in [0.25, 0.3) is 14.4 Å². The summed E-state index contributed by atoms with van der Waals surface area (Å²) in [4.78, 5) is 49.0. The number of carbonyl (C=O) groups excluding carboxylic acids is 3. The second-order valence-electron chi connectivity index (χ2n) is 22.1. The Morgan fingerprint density at radius 1 is 0.779 bits per heavy atom. The summed E-state index contributed by atoms with van der Waals surface area (Å²) in [7, 11) is 1.60. The monoisotopic (exact) mass is 1180 g/mol. The predicted octanol–water partition coefficient (Wildman–Crippen LogP) is 11.3. The largest absolute Gasteiger partial charge is 0.497 e. The van der Waals surface area contributed by atoms with E-state index in [4.69, 9.17) is 37.7 Å². The van der Waals surface area contributed by atoms with Gasteiger partial charge in [0.2, 0.25) is 5.91 Å². The second kappa shape index (κ2) is 28.4. The number of nitriles is 1. The number of amides is 2. The fourth-order valence-corrected chi connectivity index (χ4v) is 13.5. The Morgan fingerprint density at radius 2 is 1.40 bits per heavy atom. The van der Waals surface area contributed by atoms with Crippen molar-refractivity contribution >= 4 is 38.4 Å². The van der Waals surface area contributed by atoms with Crippen LogP contribution in [-0.2, 0) is 45.0 Å². The van der Waals surface area contributed by atoms with Gasteiger partial charge >= 0.3 is 5.97 Å². The van der Waals surface area contributed by atoms with Crippen molar-refractivity contribution < 1.29 is 47.1 Å². The van der Waals surface area contributed by atoms with Crippen molar-refractivity contribution in [2.24, 2.45) is 15.9 Å². The maximum Gasteiger partial charge on any atom is 0.305 e. The van der Waals surface area contributed by atoms with E-state index in [-0.39, 0.29) is 94.0 Å². The molecule has 3 heterocycles. The van der Waals surface area contributed by atoms with E-state index in [0.29, 0.717) is 41.4 Å². The maximum absolute atomic E-state index is 13.9. The molecular weight excluding hydrogens is 1110 g/mol. The van der Waals surface area contributed by atoms with Crippen LogP contribution < -0.4 is 25.4 Å². The van der Waals surface area contributed by atoms with E-state index in [1.807, 2.05) is 97.2 Å². The van der Waals surface area contributed by atoms with Crippen LogP contribution in [0.3, 0.4) is 0 Å². The number of amidine groups is 1. The van der Waals surface area contributed by atoms with Crippen LogP contribution in [0.1, 0.15) is 109 Å². The zero-order chi connectivity index (χ0) is 60.2. The van der Waals surface area contributed by atoms with Crippen molar-refractivity contribution in [2.45, 2.75) is 108 Å². The molecule has 6 aromatic carbocycles. The molecule has 446 valence electrons. The van der Waals surface area contributed by atoms with Gasteiger partial charge in [0, 0.05) is 55.6 Å². The number of aliphatic imine (C=N–C) groups is 2. The number of nitrogens with one attached hydrogen (secondary N) is 3. The molecule has 10 rings (SSSR count). The first-order chi connectivity index (χ1) is 41.9. The average Bonchev–Trinajstić information content (AvgIpc) is 3.92. The predicted molar refractivity (Wildman–Crippen MR) is 330 cm³/mol. The fraction of sp³-hybridized carbons (Fsp3) is 0.353. The molecule has 17 nitrogen and oxygen atoms in total. The molecule has 3 aliphatic heterocycles. The Hall–Kier alpha value is -8.07. The van der Waals surface area contributed by atoms with E-state index >= 15 is 0 Å². The van der Waals surface area contributed by atoms with Crippen LogP contribution in [0.25, 0.3) is 11.1 Å². The van der Waals surface area contributed by atoms with E-state index in [0.717, 1.165) is 39.1 Å². The van der Waals surface area contributed by atoms with E-state index in [1.54, 1.807) is 38.5 Å². The molecule has 0 bridgehead atoms. The van der Waals surface area contributed by atoms with Gasteiger partial charge in [-0.1, -0.05) is 115 Å². The van der Waals surface area contributed by atoms with Gasteiger partial charge in [-0.25, -0.2) is 9.66 Å². The molecule has 2 amide bonds. The van der Waals surface area contributed by atoms with Gasteiger partial charge in [-0.2, -0.15) is 5.26 Å². The number of carbonyl (C=O) groups is 3. The minimum absolute atomic E-state index is 0.0240. The quantitative estimate of drug-likeness (QED) is 0.0200. The van der Waals surface area contributed by atoms with Crippen molar-refractivity contribution in [3.8, 4) is 28.7 Å². The third kappa shape index (κ3) is 13.8. The van der Waals surface area contributed by atoms with Crippen LogP contribution in [0, 0.1) is 17.2 Å². The molecule has 3 unspecified atom stereocenters. The highest BCUT2D eigenvalue weighted by atomic mass is 31.2. The number of esters is 1. The van der Waals surface area contributed by atoms with Gasteiger partial charge in [-0.15, -0.1) is 0 Å². The molecule has 6 aromatic rings. The SMILES string of the molecule is COc1ccc(C(OC[C@H]2O[C@@H](C3C=NC4=C3NCN=C4NC(=O)c3ccc(CNC(=O)CCCC(=O)OCC4c5ccccc5-c5ccccc54)cc3)CC2OP(OCCC#N)N(C(C)C)C(C)C)(c2ccccc2)c2ccc(OC)cc2)cc1. The van der Waals surface area contributed by atoms with Gasteiger partial charge in [0.05, 0.1) is 63.7 Å². The van der Waals surface area contributed by atoms with Gasteiger partial charge < -0.3 is 48.7 Å². The minimum atomic E-state index is -1.69. The fourth-order valence-electron chi connectivity index (χ4n) is 11.8. The summed E-state index contributed by atoms with van der Waals surface area (Å²) in [6.45, 7) is 9.40. The number of nitrogens with zero attached hydrogens (tertiary/aromatic N) is 4. The van der Waals surface area contributed by atoms with Crippen molar-refractivity contribution in [1.82, 2.24) is 20.6 Å². The Kier molecular flexibility index (Phi) is 20.2. The van der Waals surface area contributed by atoms with Crippen LogP contribution >= 0.6 is 8.53 Å². The van der Waals surface area contributed by atoms with Crippen LogP contribution in [0.4, 0.5) is 0 Å². The number of rotatable bonds is 26. The van der Waals surface area contributed by atoms with Crippen LogP contribution in [-0.4, -0.2) is 106 Å². The second-order valence-corrected chi connectivity index (χ2v) is 23.5. The summed E-state index contributed by atoms with van der Waals surface area (Å²) in [6, 6.07) is 51.6. The van der Waals surface area contributed by atoms with Crippen molar-refractivity contribution in [1.29, 1.82) is 5.26 Å². The zero-order valence-electron chi connectivity index (χ0n) is 49.4. The average molecular weight is 1180 g/mol. The number of methoxy groups -OCH3 is 2. The smallest absolute Gasteiger partial charge is 0.305 e. The highest BCUT2D eigenvalue weighted by Gasteiger charge is 2.48. The molecule has 1 fully saturated rings. The Balaban J connectivity index is 0.799. The van der Waals surface area contributed by atoms with Gasteiger partial charge in [0.15, 0.2) is 5.84 Å². The highest BCUT2D eigenvalue weighted by molar-refractivity contribution is 7.44. The lowest BCUT2D eigenvalue weighted by molar-refractivity contribution is -0.144. The highest BCUT2D eigenvalue weighted by Crippen LogP contribution is 2.51. The molecule has 0 aromatic heterocycles. The van der Waals surface area contributed by atoms with Gasteiger partial charge in [-0.05, 0) is 115 Å². The normalized spacial score (nSPS) is 18.2. The number of hydrogen-bond donors (Lipinski definition) is 3. The molecule has 0 saturated carbocycles. The third-order valence-electron chi connectivity index (χ3n) is 15.9. The topological polar surface area (TPSA) is 204 Å². The molecule has 18 heteroatoms. The van der Waals surface area contributed by atoms with E-state index in [2.05, 4.69) is 95.8 Å². The molecule has 0 radical (unpaired) electrons. The summed E-state index contributed by atoms with van der Waals surface area (Å²) < 4.78 is 47.4. The van der Waals surface area contributed by atoms with E-state index < -0.39 is 32.4 Å². The van der Waals surface area contributed by atoms with Crippen LogP contribution in [0.5, 0.6) is 11.5 Å². The first-order valence-electron chi connectivity index (χ1n) is 29.4. The molecule has 4 aliphatic rings. The van der Waals surface area contributed by atoms with E-state index in [1.165, 1.54) is 11.1 Å². The molecule has 0 spiro atoms. The summed E-state index contributed by atoms with van der Waals surface area (Å²) >= 11 is 0. The number of fused-ring (bicyclic) bond motifs is 3. The standard InChI is InChI=1S/C68H74N7O10P/c1-44(2)75(45(3)4)86(83-37-15-36-69)85-60-38-59(84-61(60)42-82-68(48-16-8-7-9-17-48,49-28-32-51(79-5)33-29-49)50-30-34-52(80-6)35-31-50)57-40-71-65-64(57)72-43-73-66(65)74-67(78)47-26-24-46(25-27-47)39-70-62(76)22-14-23-63(77)81-41-58-55-20-12-10-18-53(55)54-19-11-13-21-56(54)58/h7-13,16-21,24-35,40,44-45,57-61,72H,14-15,22-23,37-39,41-43H2,1-6H3,(H,70,76)(H,73,74,78)/t57?,59-,60?,61-,86?/m1/s1. The lowest BCUT2D eigenvalue weighted by Crippen LogP contribution is -2.40. The molecule has 1 saturated heterocycles. The summed E-state index contributed by atoms with van der Waals surface area (Å²) in [5, 5.41) is 18.9. The number of ether oxygens (including phenoxy) is 5. The van der Waals surface area contributed by atoms with Crippen LogP contribution in [0.15, 0.2) is 173 Å². The minimum Gasteiger partial charge on any atom is -0.497 e. The third-order valence-corrected chi connectivity index (χ3v) is 18.1. The molecule has 5 atom stereocenters. The number of benzene rings is 6. The number of hydrogen-bond acceptors (Lipinski definition) is 15. The van der Waals surface area contributed by atoms with Crippen molar-refractivity contribution in [2.75, 3.05) is 40.7 Å². The molecular formula is C68H74N7O10P. The molecule has 1 aliphatic carbocycles. The van der Waals surface area contributed by atoms with E-state index in [9.17, 15) is 19.6 Å². The summed E-state index contributed by atoms with van der Waals surface area (Å²) in [6.07, 6.45) is 1.50.